The molecule has 0 amide bonds. The number of likely N-dealkylation sites (tertiary alicyclic amines) is 1. The maximum absolute atomic E-state index is 10.9. The van der Waals surface area contributed by atoms with Crippen LogP contribution in [0, 0.1) is 0 Å². The van der Waals surface area contributed by atoms with Crippen LogP contribution in [0.5, 0.6) is 0 Å². The van der Waals surface area contributed by atoms with E-state index in [0.717, 1.165) is 44.5 Å². The van der Waals surface area contributed by atoms with Crippen LogP contribution in [-0.2, 0) is 11.3 Å². The maximum Gasteiger partial charge on any atom is 0.304 e. The molecule has 1 saturated heterocycles. The summed E-state index contributed by atoms with van der Waals surface area (Å²) in [6.07, 6.45) is 7.06. The molecule has 1 aliphatic heterocycles. The second-order valence-electron chi connectivity index (χ2n) is 5.16. The number of nitrogens with zero attached hydrogens (tertiary/aromatic N) is 3. The van der Waals surface area contributed by atoms with Gasteiger partial charge < -0.3 is 10.4 Å². The van der Waals surface area contributed by atoms with E-state index in [1.165, 1.54) is 0 Å². The normalized spacial score (nSPS) is 19.8. The quantitative estimate of drug-likeness (QED) is 0.825. The van der Waals surface area contributed by atoms with E-state index in [9.17, 15) is 4.79 Å². The van der Waals surface area contributed by atoms with Gasteiger partial charge in [0.1, 0.15) is 0 Å². The van der Waals surface area contributed by atoms with E-state index < -0.39 is 5.97 Å². The number of anilines is 1. The molecule has 1 aliphatic rings. The minimum absolute atomic E-state index is 0.134. The molecule has 2 heterocycles. The first-order valence-electron chi connectivity index (χ1n) is 7.19. The zero-order valence-electron chi connectivity index (χ0n) is 11.9. The number of aromatic nitrogens is 2. The molecule has 0 aromatic carbocycles. The van der Waals surface area contributed by atoms with Crippen molar-refractivity contribution in [2.45, 2.75) is 45.2 Å². The molecule has 0 aliphatic carbocycles. The fourth-order valence-corrected chi connectivity index (χ4v) is 2.62. The molecule has 6 heteroatoms. The average Bonchev–Trinajstić information content (AvgIpc) is 2.43. The summed E-state index contributed by atoms with van der Waals surface area (Å²) >= 11 is 0. The molecule has 0 bridgehead atoms. The van der Waals surface area contributed by atoms with Crippen LogP contribution in [0.2, 0.25) is 0 Å². The number of carbonyl (C=O) groups is 1. The van der Waals surface area contributed by atoms with Crippen molar-refractivity contribution in [3.63, 3.8) is 0 Å². The van der Waals surface area contributed by atoms with Crippen LogP contribution in [0.15, 0.2) is 12.4 Å². The van der Waals surface area contributed by atoms with E-state index in [4.69, 9.17) is 5.11 Å². The van der Waals surface area contributed by atoms with Gasteiger partial charge in [-0.1, -0.05) is 6.42 Å². The van der Waals surface area contributed by atoms with Gasteiger partial charge in [0.2, 0.25) is 5.95 Å². The van der Waals surface area contributed by atoms with Crippen molar-refractivity contribution in [3.8, 4) is 0 Å². The van der Waals surface area contributed by atoms with Gasteiger partial charge in [0, 0.05) is 37.1 Å². The summed E-state index contributed by atoms with van der Waals surface area (Å²) in [5, 5.41) is 12.0. The number of hydrogen-bond acceptors (Lipinski definition) is 5. The highest BCUT2D eigenvalue weighted by molar-refractivity contribution is 5.67. The van der Waals surface area contributed by atoms with E-state index in [1.54, 1.807) is 0 Å². The number of nitrogens with one attached hydrogen (secondary N) is 1. The lowest BCUT2D eigenvalue weighted by Gasteiger charge is -2.34. The second-order valence-corrected chi connectivity index (χ2v) is 5.16. The lowest BCUT2D eigenvalue weighted by molar-refractivity contribution is -0.138. The van der Waals surface area contributed by atoms with Crippen LogP contribution < -0.4 is 5.32 Å². The van der Waals surface area contributed by atoms with E-state index in [1.807, 2.05) is 19.3 Å². The van der Waals surface area contributed by atoms with Crippen LogP contribution in [0.4, 0.5) is 5.95 Å². The van der Waals surface area contributed by atoms with Crippen LogP contribution in [0.25, 0.3) is 0 Å². The first kappa shape index (κ1) is 14.7. The van der Waals surface area contributed by atoms with Crippen molar-refractivity contribution in [2.75, 3.05) is 18.4 Å². The van der Waals surface area contributed by atoms with Crippen LogP contribution in [0.1, 0.15) is 38.2 Å². The van der Waals surface area contributed by atoms with Gasteiger partial charge in [-0.2, -0.15) is 0 Å². The average molecular weight is 278 g/mol. The summed E-state index contributed by atoms with van der Waals surface area (Å²) < 4.78 is 0. The first-order valence-corrected chi connectivity index (χ1v) is 7.19. The number of rotatable bonds is 6. The Morgan fingerprint density at radius 2 is 2.20 bits per heavy atom. The van der Waals surface area contributed by atoms with Gasteiger partial charge in [-0.05, 0) is 26.3 Å². The fourth-order valence-electron chi connectivity index (χ4n) is 2.62. The number of carboxylic acid groups (broad SMARTS) is 1. The minimum Gasteiger partial charge on any atom is -0.481 e. The summed E-state index contributed by atoms with van der Waals surface area (Å²) in [5.41, 5.74) is 1.03. The van der Waals surface area contributed by atoms with E-state index in [2.05, 4.69) is 20.2 Å². The Bertz CT molecular complexity index is 435. The molecular formula is C14H22N4O2. The van der Waals surface area contributed by atoms with Gasteiger partial charge in [0.25, 0.3) is 0 Å². The molecule has 2 rings (SSSR count). The molecule has 110 valence electrons. The summed E-state index contributed by atoms with van der Waals surface area (Å²) in [6.45, 7) is 4.48. The number of piperidine rings is 1. The molecule has 20 heavy (non-hydrogen) atoms. The fraction of sp³-hybridized carbons (Fsp3) is 0.643. The number of hydrogen-bond donors (Lipinski definition) is 2. The minimum atomic E-state index is -0.722. The van der Waals surface area contributed by atoms with Gasteiger partial charge in [0.05, 0.1) is 6.42 Å². The lowest BCUT2D eigenvalue weighted by Crippen LogP contribution is -2.40. The van der Waals surface area contributed by atoms with Gasteiger partial charge >= 0.3 is 5.97 Å². The van der Waals surface area contributed by atoms with Crippen molar-refractivity contribution in [1.29, 1.82) is 0 Å². The maximum atomic E-state index is 10.9. The lowest BCUT2D eigenvalue weighted by atomic mass is 9.99. The van der Waals surface area contributed by atoms with Crippen molar-refractivity contribution in [2.24, 2.45) is 0 Å². The van der Waals surface area contributed by atoms with Crippen molar-refractivity contribution in [3.05, 3.63) is 18.0 Å². The largest absolute Gasteiger partial charge is 0.481 e. The standard InChI is InChI=1S/C14H22N4O2/c1-2-15-14-16-8-11(9-17-14)10-18-6-4-3-5-12(18)7-13(19)20/h8-9,12H,2-7,10H2,1H3,(H,19,20)(H,15,16,17)/t12-/m0/s1. The molecule has 1 fully saturated rings. The summed E-state index contributed by atoms with van der Waals surface area (Å²) in [7, 11) is 0. The van der Waals surface area contributed by atoms with Gasteiger partial charge in [-0.3, -0.25) is 9.69 Å². The Hall–Kier alpha value is -1.69. The highest BCUT2D eigenvalue weighted by Gasteiger charge is 2.24. The highest BCUT2D eigenvalue weighted by Crippen LogP contribution is 2.21. The molecule has 1 aromatic rings. The monoisotopic (exact) mass is 278 g/mol. The number of carboxylic acids is 1. The Labute approximate surface area is 119 Å². The SMILES string of the molecule is CCNc1ncc(CN2CCCC[C@H]2CC(=O)O)cn1. The van der Waals surface area contributed by atoms with Crippen molar-refractivity contribution in [1.82, 2.24) is 14.9 Å². The predicted octanol–water partition coefficient (Wildman–Crippen LogP) is 1.74. The van der Waals surface area contributed by atoms with Crippen LogP contribution in [0.3, 0.4) is 0 Å². The Balaban J connectivity index is 1.97. The zero-order chi connectivity index (χ0) is 14.4. The third kappa shape index (κ3) is 4.16. The molecular weight excluding hydrogens is 256 g/mol. The Morgan fingerprint density at radius 3 is 2.85 bits per heavy atom. The van der Waals surface area contributed by atoms with Gasteiger partial charge in [0.15, 0.2) is 0 Å². The molecule has 0 saturated carbocycles. The van der Waals surface area contributed by atoms with Gasteiger partial charge in [-0.15, -0.1) is 0 Å². The molecule has 0 spiro atoms. The van der Waals surface area contributed by atoms with E-state index in [0.29, 0.717) is 5.95 Å². The topological polar surface area (TPSA) is 78.4 Å². The number of aliphatic carboxylic acids is 1. The third-order valence-electron chi connectivity index (χ3n) is 3.59. The van der Waals surface area contributed by atoms with Crippen LogP contribution in [-0.4, -0.2) is 45.1 Å². The molecule has 1 atom stereocenters. The smallest absolute Gasteiger partial charge is 0.304 e. The molecule has 6 nitrogen and oxygen atoms in total. The predicted molar refractivity (Wildman–Crippen MR) is 76.5 cm³/mol. The zero-order valence-corrected chi connectivity index (χ0v) is 11.9. The third-order valence-corrected chi connectivity index (χ3v) is 3.59. The summed E-state index contributed by atoms with van der Waals surface area (Å²) in [6, 6.07) is 0.134. The Morgan fingerprint density at radius 1 is 1.45 bits per heavy atom. The Kier molecular flexibility index (Phi) is 5.29. The van der Waals surface area contributed by atoms with E-state index >= 15 is 0 Å². The molecule has 1 aromatic heterocycles. The van der Waals surface area contributed by atoms with Crippen molar-refractivity contribution >= 4 is 11.9 Å². The van der Waals surface area contributed by atoms with E-state index in [-0.39, 0.29) is 12.5 Å². The summed E-state index contributed by atoms with van der Waals surface area (Å²) in [5.74, 6) is -0.0855. The summed E-state index contributed by atoms with van der Waals surface area (Å²) in [4.78, 5) is 21.7. The van der Waals surface area contributed by atoms with Crippen molar-refractivity contribution < 1.29 is 9.90 Å². The van der Waals surface area contributed by atoms with Gasteiger partial charge in [-0.25, -0.2) is 9.97 Å². The second kappa shape index (κ2) is 7.19. The van der Waals surface area contributed by atoms with Crippen LogP contribution >= 0.6 is 0 Å². The molecule has 0 unspecified atom stereocenters. The molecule has 2 N–H and O–H groups in total. The highest BCUT2D eigenvalue weighted by atomic mass is 16.4. The molecule has 0 radical (unpaired) electrons. The first-order chi connectivity index (χ1) is 9.69.